The fourth-order valence-corrected chi connectivity index (χ4v) is 4.72. The molecule has 0 radical (unpaired) electrons. The lowest BCUT2D eigenvalue weighted by Crippen LogP contribution is -2.30. The predicted octanol–water partition coefficient (Wildman–Crippen LogP) is 4.43. The topological polar surface area (TPSA) is 81.4 Å². The smallest absolute Gasteiger partial charge is 0.265 e. The van der Waals surface area contributed by atoms with E-state index in [-0.39, 0.29) is 11.3 Å². The first kappa shape index (κ1) is 20.4. The number of primary amides is 1. The van der Waals surface area contributed by atoms with Crippen LogP contribution in [-0.2, 0) is 23.1 Å². The van der Waals surface area contributed by atoms with Crippen LogP contribution < -0.4 is 15.8 Å². The average molecular weight is 401 g/mol. The van der Waals surface area contributed by atoms with Crippen LogP contribution in [0.5, 0.6) is 5.75 Å². The molecule has 2 amide bonds. The second-order valence-electron chi connectivity index (χ2n) is 8.30. The number of benzene rings is 1. The highest BCUT2D eigenvalue weighted by atomic mass is 32.1. The molecule has 0 saturated carbocycles. The molecule has 3 rings (SSSR count). The summed E-state index contributed by atoms with van der Waals surface area (Å²) in [5.41, 5.74) is 8.33. The predicted molar refractivity (Wildman–Crippen MR) is 113 cm³/mol. The molecule has 1 aromatic heterocycles. The molecule has 0 fully saturated rings. The van der Waals surface area contributed by atoms with Gasteiger partial charge in [-0.15, -0.1) is 11.3 Å². The van der Waals surface area contributed by atoms with Crippen LogP contribution in [0.4, 0.5) is 5.00 Å². The van der Waals surface area contributed by atoms with Gasteiger partial charge < -0.3 is 15.8 Å². The number of amides is 2. The minimum atomic E-state index is -0.694. The van der Waals surface area contributed by atoms with E-state index in [1.807, 2.05) is 24.3 Å². The summed E-state index contributed by atoms with van der Waals surface area (Å²) in [6, 6.07) is 7.78. The van der Waals surface area contributed by atoms with Crippen molar-refractivity contribution in [2.75, 3.05) is 5.32 Å². The van der Waals surface area contributed by atoms with Gasteiger partial charge >= 0.3 is 0 Å². The van der Waals surface area contributed by atoms with E-state index >= 15 is 0 Å². The third-order valence-corrected chi connectivity index (χ3v) is 6.26. The highest BCUT2D eigenvalue weighted by Gasteiger charge is 2.26. The van der Waals surface area contributed by atoms with E-state index in [4.69, 9.17) is 10.5 Å². The summed E-state index contributed by atoms with van der Waals surface area (Å²) in [6.07, 6.45) is 3.22. The molecule has 150 valence electrons. The largest absolute Gasteiger partial charge is 0.481 e. The van der Waals surface area contributed by atoms with Crippen molar-refractivity contribution in [1.82, 2.24) is 0 Å². The minimum Gasteiger partial charge on any atom is -0.481 e. The van der Waals surface area contributed by atoms with Gasteiger partial charge in [0.05, 0.1) is 5.56 Å². The van der Waals surface area contributed by atoms with Gasteiger partial charge in [-0.2, -0.15) is 0 Å². The molecule has 1 atom stereocenters. The Morgan fingerprint density at radius 2 is 1.79 bits per heavy atom. The van der Waals surface area contributed by atoms with E-state index < -0.39 is 12.0 Å². The summed E-state index contributed by atoms with van der Waals surface area (Å²) in [5, 5.41) is 3.40. The summed E-state index contributed by atoms with van der Waals surface area (Å²) < 4.78 is 5.79. The number of ether oxygens (including phenoxy) is 1. The number of hydrogen-bond donors (Lipinski definition) is 2. The normalized spacial score (nSPS) is 14.9. The molecule has 28 heavy (non-hydrogen) atoms. The lowest BCUT2D eigenvalue weighted by Gasteiger charge is -2.20. The Balaban J connectivity index is 1.71. The van der Waals surface area contributed by atoms with Crippen molar-refractivity contribution in [1.29, 1.82) is 0 Å². The third kappa shape index (κ3) is 4.38. The second kappa shape index (κ2) is 7.95. The molecule has 1 heterocycles. The molecule has 2 aromatic rings. The molecule has 1 aromatic carbocycles. The van der Waals surface area contributed by atoms with Gasteiger partial charge in [0.15, 0.2) is 6.10 Å². The van der Waals surface area contributed by atoms with E-state index in [9.17, 15) is 9.59 Å². The van der Waals surface area contributed by atoms with Crippen molar-refractivity contribution in [2.24, 2.45) is 5.73 Å². The standard InChI is InChI=1S/C22H28N2O3S/c1-13(27-15-11-9-14(10-12-15)22(2,3)4)20(26)24-21-18(19(23)25)16-7-5-6-8-17(16)28-21/h9-13H,5-8H2,1-4H3,(H2,23,25)(H,24,26)/t13-/m0/s1. The van der Waals surface area contributed by atoms with E-state index in [0.29, 0.717) is 16.3 Å². The third-order valence-electron chi connectivity index (χ3n) is 5.06. The zero-order valence-electron chi connectivity index (χ0n) is 16.9. The molecule has 1 aliphatic carbocycles. The highest BCUT2D eigenvalue weighted by Crippen LogP contribution is 2.38. The van der Waals surface area contributed by atoms with Gasteiger partial charge in [-0.05, 0) is 61.3 Å². The van der Waals surface area contributed by atoms with Crippen LogP contribution in [0.1, 0.15) is 66.9 Å². The van der Waals surface area contributed by atoms with Crippen LogP contribution in [0, 0.1) is 0 Å². The molecule has 0 bridgehead atoms. The van der Waals surface area contributed by atoms with Crippen LogP contribution in [0.15, 0.2) is 24.3 Å². The number of aryl methyl sites for hydroxylation is 1. The molecule has 1 aliphatic rings. The summed E-state index contributed by atoms with van der Waals surface area (Å²) in [7, 11) is 0. The molecule has 5 nitrogen and oxygen atoms in total. The lowest BCUT2D eigenvalue weighted by molar-refractivity contribution is -0.122. The Morgan fingerprint density at radius 3 is 2.39 bits per heavy atom. The molecule has 0 saturated heterocycles. The van der Waals surface area contributed by atoms with Crippen LogP contribution in [0.2, 0.25) is 0 Å². The number of thiophene rings is 1. The Bertz CT molecular complexity index is 878. The number of rotatable bonds is 5. The number of carbonyl (C=O) groups excluding carboxylic acids is 2. The maximum absolute atomic E-state index is 12.6. The number of nitrogens with two attached hydrogens (primary N) is 1. The summed E-state index contributed by atoms with van der Waals surface area (Å²) in [6.45, 7) is 8.14. The Labute approximate surface area is 170 Å². The van der Waals surface area contributed by atoms with Crippen molar-refractivity contribution >= 4 is 28.2 Å². The van der Waals surface area contributed by atoms with Gasteiger partial charge in [0.2, 0.25) is 0 Å². The number of hydrogen-bond acceptors (Lipinski definition) is 4. The number of carbonyl (C=O) groups is 2. The van der Waals surface area contributed by atoms with Gasteiger partial charge in [-0.1, -0.05) is 32.9 Å². The second-order valence-corrected chi connectivity index (χ2v) is 9.41. The molecule has 6 heteroatoms. The van der Waals surface area contributed by atoms with E-state index in [2.05, 4.69) is 26.1 Å². The molecule has 0 unspecified atom stereocenters. The Hall–Kier alpha value is -2.34. The van der Waals surface area contributed by atoms with Gasteiger partial charge in [-0.3, -0.25) is 9.59 Å². The lowest BCUT2D eigenvalue weighted by atomic mass is 9.87. The molecule has 0 aliphatic heterocycles. The van der Waals surface area contributed by atoms with Gasteiger partial charge in [0.1, 0.15) is 10.8 Å². The van der Waals surface area contributed by atoms with Crippen molar-refractivity contribution in [3.8, 4) is 5.75 Å². The van der Waals surface area contributed by atoms with Gasteiger partial charge in [0, 0.05) is 4.88 Å². The van der Waals surface area contributed by atoms with Crippen LogP contribution in [0.25, 0.3) is 0 Å². The maximum atomic E-state index is 12.6. The van der Waals surface area contributed by atoms with Crippen molar-refractivity contribution in [3.63, 3.8) is 0 Å². The van der Waals surface area contributed by atoms with Crippen LogP contribution in [0.3, 0.4) is 0 Å². The van der Waals surface area contributed by atoms with Crippen molar-refractivity contribution < 1.29 is 14.3 Å². The van der Waals surface area contributed by atoms with Crippen LogP contribution in [-0.4, -0.2) is 17.9 Å². The van der Waals surface area contributed by atoms with Gasteiger partial charge in [0.25, 0.3) is 11.8 Å². The quantitative estimate of drug-likeness (QED) is 0.779. The number of nitrogens with one attached hydrogen (secondary N) is 1. The maximum Gasteiger partial charge on any atom is 0.265 e. The first-order valence-corrected chi connectivity index (χ1v) is 10.5. The van der Waals surface area contributed by atoms with E-state index in [1.54, 1.807) is 6.92 Å². The zero-order chi connectivity index (χ0) is 20.5. The fourth-order valence-electron chi connectivity index (χ4n) is 3.42. The molecular formula is C22H28N2O3S. The molecule has 3 N–H and O–H groups in total. The first-order chi connectivity index (χ1) is 13.2. The molecular weight excluding hydrogens is 372 g/mol. The average Bonchev–Trinajstić information content (AvgIpc) is 2.99. The summed E-state index contributed by atoms with van der Waals surface area (Å²) >= 11 is 1.46. The Morgan fingerprint density at radius 1 is 1.14 bits per heavy atom. The molecule has 0 spiro atoms. The fraction of sp³-hybridized carbons (Fsp3) is 0.455. The number of fused-ring (bicyclic) bond motifs is 1. The van der Waals surface area contributed by atoms with Gasteiger partial charge in [-0.25, -0.2) is 0 Å². The summed E-state index contributed by atoms with van der Waals surface area (Å²) in [4.78, 5) is 25.8. The van der Waals surface area contributed by atoms with E-state index in [1.165, 1.54) is 16.9 Å². The summed E-state index contributed by atoms with van der Waals surface area (Å²) in [5.74, 6) is -0.140. The monoisotopic (exact) mass is 400 g/mol. The Kier molecular flexibility index (Phi) is 5.79. The first-order valence-electron chi connectivity index (χ1n) is 9.69. The zero-order valence-corrected chi connectivity index (χ0v) is 17.7. The van der Waals surface area contributed by atoms with Crippen molar-refractivity contribution in [2.45, 2.75) is 64.9 Å². The SMILES string of the molecule is C[C@H](Oc1ccc(C(C)(C)C)cc1)C(=O)Nc1sc2c(c1C(N)=O)CCCC2. The van der Waals surface area contributed by atoms with Crippen molar-refractivity contribution in [3.05, 3.63) is 45.8 Å². The minimum absolute atomic E-state index is 0.0605. The van der Waals surface area contributed by atoms with E-state index in [0.717, 1.165) is 36.1 Å². The highest BCUT2D eigenvalue weighted by molar-refractivity contribution is 7.17. The van der Waals surface area contributed by atoms with Crippen LogP contribution >= 0.6 is 11.3 Å². The number of anilines is 1.